The van der Waals surface area contributed by atoms with Gasteiger partial charge in [-0.25, -0.2) is 0 Å². The van der Waals surface area contributed by atoms with E-state index in [0.29, 0.717) is 12.4 Å². The Hall–Kier alpha value is -1.35. The zero-order valence-corrected chi connectivity index (χ0v) is 10.3. The van der Waals surface area contributed by atoms with Gasteiger partial charge in [-0.3, -0.25) is 0 Å². The molecule has 0 saturated carbocycles. The van der Waals surface area contributed by atoms with Crippen molar-refractivity contribution < 1.29 is 9.47 Å². The smallest absolute Gasteiger partial charge is 0.161 e. The molecule has 0 aliphatic carbocycles. The first-order valence-corrected chi connectivity index (χ1v) is 5.43. The summed E-state index contributed by atoms with van der Waals surface area (Å²) in [6.07, 6.45) is 0. The molecule has 4 heteroatoms. The molecule has 0 aromatic heterocycles. The van der Waals surface area contributed by atoms with Crippen LogP contribution in [0.1, 0.15) is 5.56 Å². The number of rotatable bonds is 6. The lowest BCUT2D eigenvalue weighted by atomic mass is 10.2. The van der Waals surface area contributed by atoms with Crippen LogP contribution in [0.15, 0.2) is 30.5 Å². The highest BCUT2D eigenvalue weighted by Crippen LogP contribution is 2.27. The Balaban J connectivity index is 2.71. The molecule has 3 nitrogen and oxygen atoms in total. The van der Waals surface area contributed by atoms with E-state index < -0.39 is 0 Å². The highest BCUT2D eigenvalue weighted by Gasteiger charge is 2.04. The number of methoxy groups -OCH3 is 2. The number of hydrogen-bond acceptors (Lipinski definition) is 3. The van der Waals surface area contributed by atoms with E-state index >= 15 is 0 Å². The first-order valence-electron chi connectivity index (χ1n) is 4.89. The minimum Gasteiger partial charge on any atom is -0.493 e. The van der Waals surface area contributed by atoms with Gasteiger partial charge >= 0.3 is 0 Å². The normalized spacial score (nSPS) is 9.69. The average molecular weight is 242 g/mol. The Morgan fingerprint density at radius 1 is 1.31 bits per heavy atom. The zero-order chi connectivity index (χ0) is 12.0. The first kappa shape index (κ1) is 12.7. The van der Waals surface area contributed by atoms with E-state index in [9.17, 15) is 0 Å². The second-order valence-corrected chi connectivity index (χ2v) is 3.55. The maximum absolute atomic E-state index is 5.62. The third kappa shape index (κ3) is 3.35. The summed E-state index contributed by atoms with van der Waals surface area (Å²) >= 11 is 5.62. The van der Waals surface area contributed by atoms with Gasteiger partial charge in [0, 0.05) is 12.2 Å². The van der Waals surface area contributed by atoms with Gasteiger partial charge in [-0.1, -0.05) is 12.6 Å². The first-order chi connectivity index (χ1) is 7.71. The van der Waals surface area contributed by atoms with Gasteiger partial charge in [0.2, 0.25) is 0 Å². The SMILES string of the molecule is C=C(CCl)NCc1ccc(OC)c(OC)c1. The molecule has 0 aliphatic rings. The molecule has 1 aromatic carbocycles. The summed E-state index contributed by atoms with van der Waals surface area (Å²) < 4.78 is 10.4. The van der Waals surface area contributed by atoms with Crippen molar-refractivity contribution in [2.45, 2.75) is 6.54 Å². The summed E-state index contributed by atoms with van der Waals surface area (Å²) in [5, 5.41) is 3.11. The topological polar surface area (TPSA) is 30.5 Å². The summed E-state index contributed by atoms with van der Waals surface area (Å²) in [5.74, 6) is 1.86. The molecule has 0 spiro atoms. The van der Waals surface area contributed by atoms with Crippen LogP contribution in [0, 0.1) is 0 Å². The fourth-order valence-electron chi connectivity index (χ4n) is 1.26. The lowest BCUT2D eigenvalue weighted by Crippen LogP contribution is -2.12. The molecular formula is C12H16ClNO2. The molecule has 0 aliphatic heterocycles. The Morgan fingerprint density at radius 2 is 2.00 bits per heavy atom. The van der Waals surface area contributed by atoms with Crippen molar-refractivity contribution in [3.63, 3.8) is 0 Å². The van der Waals surface area contributed by atoms with Gasteiger partial charge in [-0.15, -0.1) is 11.6 Å². The molecule has 1 N–H and O–H groups in total. The number of ether oxygens (including phenoxy) is 2. The van der Waals surface area contributed by atoms with E-state index in [1.165, 1.54) is 0 Å². The Kier molecular flexibility index (Phi) is 4.99. The van der Waals surface area contributed by atoms with Gasteiger partial charge in [-0.2, -0.15) is 0 Å². The highest BCUT2D eigenvalue weighted by atomic mass is 35.5. The summed E-state index contributed by atoms with van der Waals surface area (Å²) in [6, 6.07) is 5.77. The molecule has 1 rings (SSSR count). The van der Waals surface area contributed by atoms with Crippen molar-refractivity contribution in [1.29, 1.82) is 0 Å². The fourth-order valence-corrected chi connectivity index (χ4v) is 1.36. The summed E-state index contributed by atoms with van der Waals surface area (Å²) in [6.45, 7) is 4.44. The van der Waals surface area contributed by atoms with Crippen LogP contribution < -0.4 is 14.8 Å². The van der Waals surface area contributed by atoms with Crippen LogP contribution in [0.2, 0.25) is 0 Å². The average Bonchev–Trinajstić information content (AvgIpc) is 2.35. The Morgan fingerprint density at radius 3 is 2.56 bits per heavy atom. The molecular weight excluding hydrogens is 226 g/mol. The van der Waals surface area contributed by atoms with Gasteiger partial charge in [0.05, 0.1) is 20.1 Å². The number of halogens is 1. The third-order valence-corrected chi connectivity index (χ3v) is 2.47. The van der Waals surface area contributed by atoms with Gasteiger partial charge < -0.3 is 14.8 Å². The summed E-state index contributed by atoms with van der Waals surface area (Å²) in [4.78, 5) is 0. The molecule has 0 bridgehead atoms. The van der Waals surface area contributed by atoms with E-state index in [-0.39, 0.29) is 0 Å². The van der Waals surface area contributed by atoms with Crippen LogP contribution >= 0.6 is 11.6 Å². The molecule has 0 radical (unpaired) electrons. The van der Waals surface area contributed by atoms with Gasteiger partial charge in [0.25, 0.3) is 0 Å². The monoisotopic (exact) mass is 241 g/mol. The second-order valence-electron chi connectivity index (χ2n) is 3.28. The molecule has 0 saturated heterocycles. The number of benzene rings is 1. The lowest BCUT2D eigenvalue weighted by molar-refractivity contribution is 0.354. The number of alkyl halides is 1. The van der Waals surface area contributed by atoms with Crippen molar-refractivity contribution in [2.24, 2.45) is 0 Å². The molecule has 16 heavy (non-hydrogen) atoms. The predicted molar refractivity (Wildman–Crippen MR) is 66.2 cm³/mol. The summed E-state index contributed by atoms with van der Waals surface area (Å²) in [7, 11) is 3.23. The van der Waals surface area contributed by atoms with Crippen LogP contribution in [0.3, 0.4) is 0 Å². The predicted octanol–water partition coefficient (Wildman–Crippen LogP) is 2.55. The minimum atomic E-state index is 0.410. The van der Waals surface area contributed by atoms with Crippen LogP contribution in [0.25, 0.3) is 0 Å². The fraction of sp³-hybridized carbons (Fsp3) is 0.333. The zero-order valence-electron chi connectivity index (χ0n) is 9.55. The molecule has 0 amide bonds. The minimum absolute atomic E-state index is 0.410. The maximum Gasteiger partial charge on any atom is 0.161 e. The molecule has 0 fully saturated rings. The highest BCUT2D eigenvalue weighted by molar-refractivity contribution is 6.19. The van der Waals surface area contributed by atoms with Crippen LogP contribution in [0.4, 0.5) is 0 Å². The van der Waals surface area contributed by atoms with E-state index in [2.05, 4.69) is 11.9 Å². The van der Waals surface area contributed by atoms with Crippen LogP contribution in [0.5, 0.6) is 11.5 Å². The van der Waals surface area contributed by atoms with E-state index in [4.69, 9.17) is 21.1 Å². The molecule has 0 atom stereocenters. The quantitative estimate of drug-likeness (QED) is 0.777. The van der Waals surface area contributed by atoms with E-state index in [0.717, 1.165) is 22.8 Å². The third-order valence-electron chi connectivity index (χ3n) is 2.15. The Bertz CT molecular complexity index is 366. The van der Waals surface area contributed by atoms with E-state index in [1.54, 1.807) is 14.2 Å². The molecule has 88 valence electrons. The second kappa shape index (κ2) is 6.28. The van der Waals surface area contributed by atoms with Crippen LogP contribution in [-0.4, -0.2) is 20.1 Å². The number of nitrogens with one attached hydrogen (secondary N) is 1. The van der Waals surface area contributed by atoms with Gasteiger partial charge in [0.15, 0.2) is 11.5 Å². The maximum atomic E-state index is 5.62. The lowest BCUT2D eigenvalue weighted by Gasteiger charge is -2.11. The van der Waals surface area contributed by atoms with Gasteiger partial charge in [0.1, 0.15) is 0 Å². The van der Waals surface area contributed by atoms with E-state index in [1.807, 2.05) is 18.2 Å². The van der Waals surface area contributed by atoms with Crippen molar-refractivity contribution in [3.8, 4) is 11.5 Å². The van der Waals surface area contributed by atoms with Gasteiger partial charge in [-0.05, 0) is 17.7 Å². The largest absolute Gasteiger partial charge is 0.493 e. The van der Waals surface area contributed by atoms with Crippen molar-refractivity contribution in [2.75, 3.05) is 20.1 Å². The van der Waals surface area contributed by atoms with Crippen LogP contribution in [-0.2, 0) is 6.54 Å². The molecule has 1 aromatic rings. The van der Waals surface area contributed by atoms with Crippen molar-refractivity contribution in [3.05, 3.63) is 36.0 Å². The Labute approximate surface area is 101 Å². The summed E-state index contributed by atoms with van der Waals surface area (Å²) in [5.41, 5.74) is 1.89. The molecule has 0 heterocycles. The molecule has 0 unspecified atom stereocenters. The number of allylic oxidation sites excluding steroid dienone is 1. The van der Waals surface area contributed by atoms with Crippen molar-refractivity contribution in [1.82, 2.24) is 5.32 Å². The number of hydrogen-bond donors (Lipinski definition) is 1. The standard InChI is InChI=1S/C12H16ClNO2/c1-9(7-13)14-8-10-4-5-11(15-2)12(6-10)16-3/h4-6,14H,1,7-8H2,2-3H3. The van der Waals surface area contributed by atoms with Crippen molar-refractivity contribution >= 4 is 11.6 Å².